The van der Waals surface area contributed by atoms with Gasteiger partial charge in [0.15, 0.2) is 5.78 Å². The summed E-state index contributed by atoms with van der Waals surface area (Å²) in [6.45, 7) is 0. The van der Waals surface area contributed by atoms with Crippen molar-refractivity contribution in [3.05, 3.63) is 35.9 Å². The van der Waals surface area contributed by atoms with Crippen LogP contribution >= 0.6 is 0 Å². The van der Waals surface area contributed by atoms with Crippen LogP contribution in [0, 0.1) is 0 Å². The van der Waals surface area contributed by atoms with Crippen LogP contribution in [0.5, 0.6) is 0 Å². The maximum atomic E-state index is 11.2. The highest BCUT2D eigenvalue weighted by Gasteiger charge is 2.21. The molecule has 0 radical (unpaired) electrons. The summed E-state index contributed by atoms with van der Waals surface area (Å²) in [5.41, 5.74) is 0.997. The third-order valence-corrected chi connectivity index (χ3v) is 1.97. The fraction of sp³-hybridized carbons (Fsp3) is 0.200. The van der Waals surface area contributed by atoms with E-state index in [0.29, 0.717) is 6.42 Å². The van der Waals surface area contributed by atoms with Crippen LogP contribution in [0.4, 0.5) is 0 Å². The Kier molecular flexibility index (Phi) is 1.74. The van der Waals surface area contributed by atoms with Crippen molar-refractivity contribution in [2.75, 3.05) is 0 Å². The molecule has 0 bridgehead atoms. The minimum absolute atomic E-state index is 0.196. The van der Waals surface area contributed by atoms with Gasteiger partial charge in [-0.1, -0.05) is 30.3 Å². The number of hydrogen-bond acceptors (Lipinski definition) is 2. The Labute approximate surface area is 70.9 Å². The van der Waals surface area contributed by atoms with Crippen LogP contribution in [-0.2, 0) is 4.79 Å². The molecule has 1 unspecified atom stereocenters. The van der Waals surface area contributed by atoms with E-state index in [2.05, 4.69) is 4.99 Å². The highest BCUT2D eigenvalue weighted by molar-refractivity contribution is 6.00. The van der Waals surface area contributed by atoms with E-state index >= 15 is 0 Å². The van der Waals surface area contributed by atoms with Gasteiger partial charge in [-0.2, -0.15) is 0 Å². The van der Waals surface area contributed by atoms with E-state index in [1.165, 1.54) is 0 Å². The number of Topliss-reactive ketones (excluding diaryl/α,β-unsaturated/α-hetero) is 1. The molecule has 0 aromatic heterocycles. The smallest absolute Gasteiger partial charge is 0.167 e. The maximum absolute atomic E-state index is 11.2. The standard InChI is InChI=1S/C10H9NO/c12-9-6-7-11-10(9)8-4-2-1-3-5-8/h1-5,7,10H,6H2. The maximum Gasteiger partial charge on any atom is 0.167 e. The predicted octanol–water partition coefficient (Wildman–Crippen LogP) is 1.77. The number of ketones is 1. The van der Waals surface area contributed by atoms with E-state index in [4.69, 9.17) is 0 Å². The highest BCUT2D eigenvalue weighted by Crippen LogP contribution is 2.22. The van der Waals surface area contributed by atoms with Crippen molar-refractivity contribution >= 4 is 12.0 Å². The average Bonchev–Trinajstić information content (AvgIpc) is 2.53. The molecule has 0 spiro atoms. The number of hydrogen-bond donors (Lipinski definition) is 0. The molecule has 1 heterocycles. The first kappa shape index (κ1) is 7.22. The Morgan fingerprint density at radius 1 is 1.25 bits per heavy atom. The number of carbonyl (C=O) groups excluding carboxylic acids is 1. The largest absolute Gasteiger partial charge is 0.296 e. The Balaban J connectivity index is 2.31. The van der Waals surface area contributed by atoms with Gasteiger partial charge in [0.2, 0.25) is 0 Å². The van der Waals surface area contributed by atoms with Gasteiger partial charge < -0.3 is 0 Å². The Morgan fingerprint density at radius 3 is 2.58 bits per heavy atom. The molecule has 0 aliphatic carbocycles. The summed E-state index contributed by atoms with van der Waals surface area (Å²) in [5.74, 6) is 0.196. The lowest BCUT2D eigenvalue weighted by molar-refractivity contribution is -0.118. The van der Waals surface area contributed by atoms with E-state index in [-0.39, 0.29) is 11.8 Å². The van der Waals surface area contributed by atoms with Crippen molar-refractivity contribution in [3.8, 4) is 0 Å². The van der Waals surface area contributed by atoms with Gasteiger partial charge in [0, 0.05) is 12.6 Å². The summed E-state index contributed by atoms with van der Waals surface area (Å²) in [4.78, 5) is 15.4. The molecule has 0 fully saturated rings. The van der Waals surface area contributed by atoms with E-state index in [1.807, 2.05) is 30.3 Å². The molecule has 12 heavy (non-hydrogen) atoms. The second-order valence-electron chi connectivity index (χ2n) is 2.82. The van der Waals surface area contributed by atoms with Gasteiger partial charge in [0.25, 0.3) is 0 Å². The summed E-state index contributed by atoms with van der Waals surface area (Å²) in [5, 5.41) is 0. The zero-order valence-electron chi connectivity index (χ0n) is 6.60. The number of benzene rings is 1. The predicted molar refractivity (Wildman–Crippen MR) is 47.3 cm³/mol. The third-order valence-electron chi connectivity index (χ3n) is 1.97. The molecule has 0 saturated heterocycles. The first-order valence-electron chi connectivity index (χ1n) is 3.97. The SMILES string of the molecule is O=C1CC=NC1c1ccccc1. The molecule has 1 aliphatic rings. The average molecular weight is 159 g/mol. The van der Waals surface area contributed by atoms with Crippen LogP contribution in [0.1, 0.15) is 18.0 Å². The lowest BCUT2D eigenvalue weighted by Gasteiger charge is -2.04. The molecule has 2 heteroatoms. The van der Waals surface area contributed by atoms with Crippen LogP contribution in [0.3, 0.4) is 0 Å². The summed E-state index contributed by atoms with van der Waals surface area (Å²) in [7, 11) is 0. The van der Waals surface area contributed by atoms with Gasteiger partial charge in [-0.3, -0.25) is 9.79 Å². The van der Waals surface area contributed by atoms with Crippen molar-refractivity contribution in [3.63, 3.8) is 0 Å². The van der Waals surface area contributed by atoms with Crippen LogP contribution in [0.15, 0.2) is 35.3 Å². The lowest BCUT2D eigenvalue weighted by atomic mass is 10.0. The van der Waals surface area contributed by atoms with Crippen LogP contribution in [0.2, 0.25) is 0 Å². The Morgan fingerprint density at radius 2 is 2.00 bits per heavy atom. The fourth-order valence-electron chi connectivity index (χ4n) is 1.35. The first-order valence-corrected chi connectivity index (χ1v) is 3.97. The number of aliphatic imine (C=N–C) groups is 1. The van der Waals surface area contributed by atoms with E-state index in [1.54, 1.807) is 6.21 Å². The number of rotatable bonds is 1. The van der Waals surface area contributed by atoms with Gasteiger partial charge in [-0.05, 0) is 5.56 Å². The zero-order valence-corrected chi connectivity index (χ0v) is 6.60. The summed E-state index contributed by atoms with van der Waals surface area (Å²) in [6, 6.07) is 9.43. The quantitative estimate of drug-likeness (QED) is 0.614. The van der Waals surface area contributed by atoms with Gasteiger partial charge in [-0.15, -0.1) is 0 Å². The molecule has 0 N–H and O–H groups in total. The number of nitrogens with zero attached hydrogens (tertiary/aromatic N) is 1. The van der Waals surface area contributed by atoms with Crippen molar-refractivity contribution in [1.82, 2.24) is 0 Å². The highest BCUT2D eigenvalue weighted by atomic mass is 16.1. The molecule has 0 amide bonds. The molecule has 2 nitrogen and oxygen atoms in total. The van der Waals surface area contributed by atoms with Crippen molar-refractivity contribution in [1.29, 1.82) is 0 Å². The molecule has 0 saturated carbocycles. The summed E-state index contributed by atoms with van der Waals surface area (Å²) < 4.78 is 0. The Bertz CT molecular complexity index is 316. The first-order chi connectivity index (χ1) is 5.88. The van der Waals surface area contributed by atoms with Crippen molar-refractivity contribution in [2.24, 2.45) is 4.99 Å². The minimum Gasteiger partial charge on any atom is -0.296 e. The normalized spacial score (nSPS) is 21.7. The fourth-order valence-corrected chi connectivity index (χ4v) is 1.35. The Hall–Kier alpha value is -1.44. The van der Waals surface area contributed by atoms with Crippen LogP contribution in [-0.4, -0.2) is 12.0 Å². The monoisotopic (exact) mass is 159 g/mol. The second kappa shape index (κ2) is 2.89. The van der Waals surface area contributed by atoms with E-state index in [9.17, 15) is 4.79 Å². The summed E-state index contributed by atoms with van der Waals surface area (Å²) >= 11 is 0. The number of carbonyl (C=O) groups is 1. The lowest BCUT2D eigenvalue weighted by Crippen LogP contribution is -2.03. The van der Waals surface area contributed by atoms with Crippen LogP contribution < -0.4 is 0 Å². The second-order valence-corrected chi connectivity index (χ2v) is 2.82. The van der Waals surface area contributed by atoms with Gasteiger partial charge in [0.1, 0.15) is 6.04 Å². The molecule has 1 aromatic rings. The van der Waals surface area contributed by atoms with Crippen LogP contribution in [0.25, 0.3) is 0 Å². The molecule has 2 rings (SSSR count). The minimum atomic E-state index is -0.230. The van der Waals surface area contributed by atoms with E-state index < -0.39 is 0 Å². The van der Waals surface area contributed by atoms with E-state index in [0.717, 1.165) is 5.56 Å². The topological polar surface area (TPSA) is 29.4 Å². The van der Waals surface area contributed by atoms with Gasteiger partial charge in [-0.25, -0.2) is 0 Å². The van der Waals surface area contributed by atoms with Gasteiger partial charge >= 0.3 is 0 Å². The molecular formula is C10H9NO. The van der Waals surface area contributed by atoms with Crippen molar-refractivity contribution < 1.29 is 4.79 Å². The molecular weight excluding hydrogens is 150 g/mol. The summed E-state index contributed by atoms with van der Waals surface area (Å²) in [6.07, 6.45) is 2.18. The molecule has 60 valence electrons. The molecule has 1 aliphatic heterocycles. The van der Waals surface area contributed by atoms with Crippen molar-refractivity contribution in [2.45, 2.75) is 12.5 Å². The van der Waals surface area contributed by atoms with Gasteiger partial charge in [0.05, 0.1) is 0 Å². The molecule has 1 aromatic carbocycles. The molecule has 1 atom stereocenters. The third kappa shape index (κ3) is 1.16. The zero-order chi connectivity index (χ0) is 8.39.